The van der Waals surface area contributed by atoms with E-state index in [4.69, 9.17) is 13.6 Å². The van der Waals surface area contributed by atoms with Crippen LogP contribution >= 0.6 is 11.3 Å². The lowest BCUT2D eigenvalue weighted by molar-refractivity contribution is -0.118. The van der Waals surface area contributed by atoms with Crippen molar-refractivity contribution >= 4 is 22.4 Å². The van der Waals surface area contributed by atoms with Gasteiger partial charge in [0.25, 0.3) is 5.91 Å². The molecular formula is C22H18N2O4S. The van der Waals surface area contributed by atoms with Gasteiger partial charge in [-0.25, -0.2) is 4.98 Å². The summed E-state index contributed by atoms with van der Waals surface area (Å²) in [6, 6.07) is 13.3. The SMILES string of the molecule is O=C(COc1ccc2c(c1)CCC2)Nc1nc(-c2ccco2)c(-c2ccco2)s1. The monoisotopic (exact) mass is 406 g/mol. The second-order valence-electron chi connectivity index (χ2n) is 6.77. The fraction of sp³-hybridized carbons (Fsp3) is 0.182. The molecule has 3 heterocycles. The summed E-state index contributed by atoms with van der Waals surface area (Å²) in [7, 11) is 0. The molecule has 0 spiro atoms. The molecule has 1 aliphatic rings. The van der Waals surface area contributed by atoms with E-state index in [0.29, 0.717) is 28.1 Å². The first-order valence-corrected chi connectivity index (χ1v) is 10.2. The summed E-state index contributed by atoms with van der Waals surface area (Å²) in [5.41, 5.74) is 3.32. The van der Waals surface area contributed by atoms with Gasteiger partial charge in [-0.2, -0.15) is 0 Å². The Bertz CT molecular complexity index is 1080. The van der Waals surface area contributed by atoms with Crippen molar-refractivity contribution in [1.29, 1.82) is 0 Å². The van der Waals surface area contributed by atoms with Crippen molar-refractivity contribution in [2.24, 2.45) is 0 Å². The van der Waals surface area contributed by atoms with E-state index in [2.05, 4.69) is 16.4 Å². The lowest BCUT2D eigenvalue weighted by Crippen LogP contribution is -2.20. The zero-order chi connectivity index (χ0) is 19.6. The minimum absolute atomic E-state index is 0.0788. The highest BCUT2D eigenvalue weighted by Crippen LogP contribution is 2.39. The van der Waals surface area contributed by atoms with Crippen LogP contribution in [0.2, 0.25) is 0 Å². The number of carbonyl (C=O) groups is 1. The van der Waals surface area contributed by atoms with E-state index in [9.17, 15) is 4.79 Å². The highest BCUT2D eigenvalue weighted by Gasteiger charge is 2.20. The molecule has 0 aliphatic heterocycles. The van der Waals surface area contributed by atoms with Gasteiger partial charge in [-0.05, 0) is 66.8 Å². The molecule has 6 nitrogen and oxygen atoms in total. The van der Waals surface area contributed by atoms with Gasteiger partial charge < -0.3 is 13.6 Å². The number of benzene rings is 1. The number of rotatable bonds is 6. The number of furan rings is 2. The summed E-state index contributed by atoms with van der Waals surface area (Å²) >= 11 is 1.33. The van der Waals surface area contributed by atoms with Gasteiger partial charge in [-0.15, -0.1) is 0 Å². The summed E-state index contributed by atoms with van der Waals surface area (Å²) in [6.45, 7) is -0.0788. The number of hydrogen-bond donors (Lipinski definition) is 1. The lowest BCUT2D eigenvalue weighted by Gasteiger charge is -2.07. The Kier molecular flexibility index (Phi) is 4.65. The third-order valence-electron chi connectivity index (χ3n) is 4.81. The molecule has 1 amide bonds. The van der Waals surface area contributed by atoms with Crippen LogP contribution in [0.3, 0.4) is 0 Å². The third-order valence-corrected chi connectivity index (χ3v) is 5.80. The number of thiazole rings is 1. The van der Waals surface area contributed by atoms with E-state index in [1.165, 1.54) is 28.9 Å². The molecule has 1 aromatic carbocycles. The summed E-state index contributed by atoms with van der Waals surface area (Å²) in [4.78, 5) is 17.7. The molecule has 4 aromatic rings. The number of anilines is 1. The van der Waals surface area contributed by atoms with Crippen LogP contribution in [0, 0.1) is 0 Å². The highest BCUT2D eigenvalue weighted by molar-refractivity contribution is 7.19. The number of aryl methyl sites for hydroxylation is 2. The number of nitrogens with zero attached hydrogens (tertiary/aromatic N) is 1. The van der Waals surface area contributed by atoms with Gasteiger partial charge in [-0.1, -0.05) is 17.4 Å². The summed E-state index contributed by atoms with van der Waals surface area (Å²) in [6.07, 6.45) is 6.56. The van der Waals surface area contributed by atoms with Crippen molar-refractivity contribution < 1.29 is 18.4 Å². The fourth-order valence-electron chi connectivity index (χ4n) is 3.47. The Labute approximate surface area is 171 Å². The third kappa shape index (κ3) is 3.69. The molecule has 0 bridgehead atoms. The quantitative estimate of drug-likeness (QED) is 0.478. The zero-order valence-corrected chi connectivity index (χ0v) is 16.3. The van der Waals surface area contributed by atoms with Crippen molar-refractivity contribution in [1.82, 2.24) is 4.98 Å². The van der Waals surface area contributed by atoms with E-state index < -0.39 is 0 Å². The zero-order valence-electron chi connectivity index (χ0n) is 15.5. The molecule has 0 saturated carbocycles. The Morgan fingerprint density at radius 3 is 2.66 bits per heavy atom. The maximum Gasteiger partial charge on any atom is 0.264 e. The summed E-state index contributed by atoms with van der Waals surface area (Å²) in [5.74, 6) is 1.73. The summed E-state index contributed by atoms with van der Waals surface area (Å²) < 4.78 is 16.7. The molecule has 0 fully saturated rings. The highest BCUT2D eigenvalue weighted by atomic mass is 32.1. The molecule has 1 N–H and O–H groups in total. The normalized spacial score (nSPS) is 12.7. The predicted octanol–water partition coefficient (Wildman–Crippen LogP) is 5.17. The van der Waals surface area contributed by atoms with Crippen molar-refractivity contribution in [3.05, 3.63) is 66.1 Å². The van der Waals surface area contributed by atoms with Crippen LogP contribution in [0.15, 0.2) is 63.8 Å². The van der Waals surface area contributed by atoms with Crippen LogP contribution in [0.4, 0.5) is 5.13 Å². The maximum absolute atomic E-state index is 12.4. The largest absolute Gasteiger partial charge is 0.484 e. The Balaban J connectivity index is 1.30. The van der Waals surface area contributed by atoms with Gasteiger partial charge in [0.1, 0.15) is 22.1 Å². The molecule has 29 heavy (non-hydrogen) atoms. The Morgan fingerprint density at radius 1 is 1.07 bits per heavy atom. The van der Waals surface area contributed by atoms with Gasteiger partial charge >= 0.3 is 0 Å². The van der Waals surface area contributed by atoms with Crippen LogP contribution in [0.25, 0.3) is 22.1 Å². The first-order valence-electron chi connectivity index (χ1n) is 9.39. The minimum Gasteiger partial charge on any atom is -0.484 e. The topological polar surface area (TPSA) is 77.5 Å². The predicted molar refractivity (Wildman–Crippen MR) is 110 cm³/mol. The van der Waals surface area contributed by atoms with E-state index >= 15 is 0 Å². The smallest absolute Gasteiger partial charge is 0.264 e. The van der Waals surface area contributed by atoms with Crippen LogP contribution < -0.4 is 10.1 Å². The molecule has 0 saturated heterocycles. The second-order valence-corrected chi connectivity index (χ2v) is 7.77. The molecule has 5 rings (SSSR count). The van der Waals surface area contributed by atoms with E-state index in [1.54, 1.807) is 18.6 Å². The molecule has 0 radical (unpaired) electrons. The Morgan fingerprint density at radius 2 is 1.86 bits per heavy atom. The molecule has 3 aromatic heterocycles. The summed E-state index contributed by atoms with van der Waals surface area (Å²) in [5, 5.41) is 3.27. The van der Waals surface area contributed by atoms with Crippen LogP contribution in [0.1, 0.15) is 17.5 Å². The van der Waals surface area contributed by atoms with Gasteiger partial charge in [0.2, 0.25) is 0 Å². The lowest BCUT2D eigenvalue weighted by atomic mass is 10.1. The number of carbonyl (C=O) groups excluding carboxylic acids is 1. The second kappa shape index (κ2) is 7.60. The first-order chi connectivity index (χ1) is 14.3. The van der Waals surface area contributed by atoms with Crippen LogP contribution in [-0.4, -0.2) is 17.5 Å². The number of nitrogens with one attached hydrogen (secondary N) is 1. The van der Waals surface area contributed by atoms with Gasteiger partial charge in [0.05, 0.1) is 12.5 Å². The number of ether oxygens (including phenoxy) is 1. The maximum atomic E-state index is 12.4. The fourth-order valence-corrected chi connectivity index (χ4v) is 4.43. The number of amides is 1. The van der Waals surface area contributed by atoms with Gasteiger partial charge in [-0.3, -0.25) is 10.1 Å². The molecule has 0 unspecified atom stereocenters. The first kappa shape index (κ1) is 17.8. The van der Waals surface area contributed by atoms with Crippen LogP contribution in [0.5, 0.6) is 5.75 Å². The van der Waals surface area contributed by atoms with Crippen molar-refractivity contribution in [3.8, 4) is 27.8 Å². The van der Waals surface area contributed by atoms with Crippen molar-refractivity contribution in [2.75, 3.05) is 11.9 Å². The van der Waals surface area contributed by atoms with Crippen LogP contribution in [-0.2, 0) is 17.6 Å². The van der Waals surface area contributed by atoms with Gasteiger partial charge in [0, 0.05) is 0 Å². The molecular weight excluding hydrogens is 388 g/mol. The molecule has 7 heteroatoms. The number of hydrogen-bond acceptors (Lipinski definition) is 6. The van der Waals surface area contributed by atoms with Crippen molar-refractivity contribution in [2.45, 2.75) is 19.3 Å². The average molecular weight is 406 g/mol. The molecule has 146 valence electrons. The Hall–Kier alpha value is -3.32. The number of fused-ring (bicyclic) bond motifs is 1. The van der Waals surface area contributed by atoms with Crippen molar-refractivity contribution in [3.63, 3.8) is 0 Å². The van der Waals surface area contributed by atoms with E-state index in [0.717, 1.165) is 17.7 Å². The molecule has 1 aliphatic carbocycles. The average Bonchev–Trinajstić information content (AvgIpc) is 3.52. The molecule has 0 atom stereocenters. The number of aromatic nitrogens is 1. The standard InChI is InChI=1S/C22H18N2O4S/c25-19(13-28-16-9-8-14-4-1-5-15(14)12-16)23-22-24-20(17-6-2-10-26-17)21(29-22)18-7-3-11-27-18/h2-3,6-12H,1,4-5,13H2,(H,23,24,25). The minimum atomic E-state index is -0.267. The van der Waals surface area contributed by atoms with Gasteiger partial charge in [0.15, 0.2) is 17.5 Å². The van der Waals surface area contributed by atoms with E-state index in [1.807, 2.05) is 30.3 Å². The van der Waals surface area contributed by atoms with E-state index in [-0.39, 0.29) is 12.5 Å².